The molecule has 0 aliphatic carbocycles. The lowest BCUT2D eigenvalue weighted by molar-refractivity contribution is 0.0939. The number of amides is 1. The van der Waals surface area contributed by atoms with Gasteiger partial charge in [-0.25, -0.2) is 0 Å². The van der Waals surface area contributed by atoms with Gasteiger partial charge in [-0.15, -0.1) is 0 Å². The van der Waals surface area contributed by atoms with E-state index in [2.05, 4.69) is 21.2 Å². The Labute approximate surface area is 114 Å². The Morgan fingerprint density at radius 1 is 1.39 bits per heavy atom. The Morgan fingerprint density at radius 2 is 2.22 bits per heavy atom. The number of furan rings is 1. The maximum Gasteiger partial charge on any atom is 0.251 e. The molecule has 3 nitrogen and oxygen atoms in total. The van der Waals surface area contributed by atoms with Crippen molar-refractivity contribution in [3.63, 3.8) is 0 Å². The van der Waals surface area contributed by atoms with Crippen LogP contribution in [0, 0.1) is 0 Å². The zero-order chi connectivity index (χ0) is 13.0. The summed E-state index contributed by atoms with van der Waals surface area (Å²) in [5, 5.41) is 2.94. The first-order chi connectivity index (χ1) is 8.65. The number of hydrogen-bond donors (Lipinski definition) is 1. The van der Waals surface area contributed by atoms with Crippen molar-refractivity contribution in [2.24, 2.45) is 0 Å². The van der Waals surface area contributed by atoms with E-state index >= 15 is 0 Å². The predicted molar refractivity (Wildman–Crippen MR) is 73.5 cm³/mol. The van der Waals surface area contributed by atoms with Crippen LogP contribution in [0.1, 0.15) is 23.0 Å². The van der Waals surface area contributed by atoms with Crippen LogP contribution in [0.3, 0.4) is 0 Å². The van der Waals surface area contributed by atoms with Gasteiger partial charge < -0.3 is 9.73 Å². The largest absolute Gasteiger partial charge is 0.469 e. The number of rotatable bonds is 4. The van der Waals surface area contributed by atoms with Crippen molar-refractivity contribution in [1.82, 2.24) is 5.32 Å². The highest BCUT2D eigenvalue weighted by Gasteiger charge is 2.11. The van der Waals surface area contributed by atoms with E-state index in [4.69, 9.17) is 4.42 Å². The van der Waals surface area contributed by atoms with Gasteiger partial charge in [-0.05, 0) is 37.3 Å². The Hall–Kier alpha value is -1.55. The van der Waals surface area contributed by atoms with Crippen LogP contribution in [0.15, 0.2) is 51.6 Å². The smallest absolute Gasteiger partial charge is 0.251 e. The molecular weight excluding hydrogens is 294 g/mol. The number of carbonyl (C=O) groups excluding carboxylic acids is 1. The van der Waals surface area contributed by atoms with Crippen molar-refractivity contribution in [3.8, 4) is 0 Å². The fourth-order valence-electron chi connectivity index (χ4n) is 1.72. The average molecular weight is 308 g/mol. The van der Waals surface area contributed by atoms with Gasteiger partial charge in [0.25, 0.3) is 5.91 Å². The van der Waals surface area contributed by atoms with Gasteiger partial charge in [0.05, 0.1) is 6.26 Å². The molecule has 94 valence electrons. The Bertz CT molecular complexity index is 522. The highest BCUT2D eigenvalue weighted by atomic mass is 79.9. The standard InChI is InChI=1S/C14H14BrNO2/c1-10(8-13-6-3-7-18-13)16-14(17)11-4-2-5-12(15)9-11/h2-7,9-10H,8H2,1H3,(H,16,17). The van der Waals surface area contributed by atoms with Crippen LogP contribution in [0.25, 0.3) is 0 Å². The van der Waals surface area contributed by atoms with E-state index in [1.165, 1.54) is 0 Å². The van der Waals surface area contributed by atoms with Crippen molar-refractivity contribution in [1.29, 1.82) is 0 Å². The predicted octanol–water partition coefficient (Wildman–Crippen LogP) is 3.40. The molecule has 18 heavy (non-hydrogen) atoms. The van der Waals surface area contributed by atoms with Crippen LogP contribution in [0.4, 0.5) is 0 Å². The van der Waals surface area contributed by atoms with Gasteiger partial charge in [0.1, 0.15) is 5.76 Å². The summed E-state index contributed by atoms with van der Waals surface area (Å²) in [7, 11) is 0. The second-order valence-electron chi connectivity index (χ2n) is 4.17. The van der Waals surface area contributed by atoms with E-state index in [9.17, 15) is 4.79 Å². The number of carbonyl (C=O) groups is 1. The van der Waals surface area contributed by atoms with Crippen LogP contribution in [-0.4, -0.2) is 11.9 Å². The van der Waals surface area contributed by atoms with Gasteiger partial charge in [-0.1, -0.05) is 22.0 Å². The van der Waals surface area contributed by atoms with Gasteiger partial charge >= 0.3 is 0 Å². The van der Waals surface area contributed by atoms with Crippen molar-refractivity contribution in [2.45, 2.75) is 19.4 Å². The highest BCUT2D eigenvalue weighted by molar-refractivity contribution is 9.10. The second-order valence-corrected chi connectivity index (χ2v) is 5.08. The summed E-state index contributed by atoms with van der Waals surface area (Å²) in [6.45, 7) is 1.96. The molecule has 1 atom stereocenters. The lowest BCUT2D eigenvalue weighted by Crippen LogP contribution is -2.33. The zero-order valence-corrected chi connectivity index (χ0v) is 11.6. The minimum atomic E-state index is -0.0737. The lowest BCUT2D eigenvalue weighted by atomic mass is 10.1. The lowest BCUT2D eigenvalue weighted by Gasteiger charge is -2.12. The molecule has 0 aliphatic rings. The molecule has 1 heterocycles. The third kappa shape index (κ3) is 3.47. The van der Waals surface area contributed by atoms with E-state index < -0.39 is 0 Å². The summed E-state index contributed by atoms with van der Waals surface area (Å²) in [5.41, 5.74) is 0.649. The zero-order valence-electron chi connectivity index (χ0n) is 10.0. The number of hydrogen-bond acceptors (Lipinski definition) is 2. The van der Waals surface area contributed by atoms with Crippen molar-refractivity contribution < 1.29 is 9.21 Å². The van der Waals surface area contributed by atoms with Crippen LogP contribution >= 0.6 is 15.9 Å². The minimum absolute atomic E-state index is 0.0302. The first kappa shape index (κ1) is 12.9. The average Bonchev–Trinajstić information content (AvgIpc) is 2.81. The molecule has 1 aromatic carbocycles. The summed E-state index contributed by atoms with van der Waals surface area (Å²) in [6.07, 6.45) is 2.32. The van der Waals surface area contributed by atoms with Crippen LogP contribution < -0.4 is 5.32 Å². The second kappa shape index (κ2) is 5.87. The molecule has 1 aromatic heterocycles. The molecule has 0 aliphatic heterocycles. The Balaban J connectivity index is 1.95. The monoisotopic (exact) mass is 307 g/mol. The Morgan fingerprint density at radius 3 is 2.89 bits per heavy atom. The topological polar surface area (TPSA) is 42.2 Å². The van der Waals surface area contributed by atoms with Crippen LogP contribution in [0.2, 0.25) is 0 Å². The van der Waals surface area contributed by atoms with Gasteiger partial charge in [0.2, 0.25) is 0 Å². The number of benzene rings is 1. The molecule has 1 unspecified atom stereocenters. The molecule has 0 spiro atoms. The van der Waals surface area contributed by atoms with E-state index in [1.807, 2.05) is 31.2 Å². The number of halogens is 1. The first-order valence-corrected chi connectivity index (χ1v) is 6.53. The van der Waals surface area contributed by atoms with E-state index in [1.54, 1.807) is 18.4 Å². The molecule has 0 saturated heterocycles. The van der Waals surface area contributed by atoms with Crippen LogP contribution in [-0.2, 0) is 6.42 Å². The molecule has 2 aromatic rings. The van der Waals surface area contributed by atoms with E-state index in [-0.39, 0.29) is 11.9 Å². The molecular formula is C14H14BrNO2. The molecule has 0 radical (unpaired) electrons. The van der Waals surface area contributed by atoms with Crippen LogP contribution in [0.5, 0.6) is 0 Å². The summed E-state index contributed by atoms with van der Waals surface area (Å²) in [5.74, 6) is 0.799. The quantitative estimate of drug-likeness (QED) is 0.940. The van der Waals surface area contributed by atoms with Gasteiger partial charge in [-0.3, -0.25) is 4.79 Å². The molecule has 1 amide bonds. The maximum absolute atomic E-state index is 12.0. The SMILES string of the molecule is CC(Cc1ccco1)NC(=O)c1cccc(Br)c1. The van der Waals surface area contributed by atoms with E-state index in [0.717, 1.165) is 10.2 Å². The third-order valence-corrected chi connectivity index (χ3v) is 3.05. The van der Waals surface area contributed by atoms with Crippen molar-refractivity contribution in [3.05, 3.63) is 58.5 Å². The molecule has 4 heteroatoms. The summed E-state index contributed by atoms with van der Waals surface area (Å²) < 4.78 is 6.15. The summed E-state index contributed by atoms with van der Waals surface area (Å²) in [6, 6.07) is 11.1. The highest BCUT2D eigenvalue weighted by Crippen LogP contribution is 2.12. The number of nitrogens with one attached hydrogen (secondary N) is 1. The summed E-state index contributed by atoms with van der Waals surface area (Å²) in [4.78, 5) is 12.0. The Kier molecular flexibility index (Phi) is 4.20. The van der Waals surface area contributed by atoms with Gasteiger partial charge in [0, 0.05) is 22.5 Å². The first-order valence-electron chi connectivity index (χ1n) is 5.74. The van der Waals surface area contributed by atoms with Gasteiger partial charge in [0.15, 0.2) is 0 Å². The molecule has 2 rings (SSSR count). The minimum Gasteiger partial charge on any atom is -0.469 e. The van der Waals surface area contributed by atoms with Crippen molar-refractivity contribution >= 4 is 21.8 Å². The van der Waals surface area contributed by atoms with Gasteiger partial charge in [-0.2, -0.15) is 0 Å². The van der Waals surface area contributed by atoms with Crippen molar-refractivity contribution in [2.75, 3.05) is 0 Å². The molecule has 1 N–H and O–H groups in total. The third-order valence-electron chi connectivity index (χ3n) is 2.55. The summed E-state index contributed by atoms with van der Waals surface area (Å²) >= 11 is 3.35. The fraction of sp³-hybridized carbons (Fsp3) is 0.214. The molecule has 0 saturated carbocycles. The fourth-order valence-corrected chi connectivity index (χ4v) is 2.12. The van der Waals surface area contributed by atoms with E-state index in [0.29, 0.717) is 12.0 Å². The normalized spacial score (nSPS) is 12.1. The molecule has 0 fully saturated rings. The molecule has 0 bridgehead atoms. The maximum atomic E-state index is 12.0.